The first kappa shape index (κ1) is 9.71. The molecule has 0 saturated heterocycles. The third-order valence-electron chi connectivity index (χ3n) is 1.96. The second-order valence-electron chi connectivity index (χ2n) is 2.77. The number of rotatable bonds is 3. The molecule has 2 N–H and O–H groups in total. The van der Waals surface area contributed by atoms with Gasteiger partial charge in [-0.1, -0.05) is 6.92 Å². The van der Waals surface area contributed by atoms with Crippen LogP contribution in [0.3, 0.4) is 0 Å². The van der Waals surface area contributed by atoms with Gasteiger partial charge >= 0.3 is 0 Å². The van der Waals surface area contributed by atoms with E-state index in [4.69, 9.17) is 15.2 Å². The Morgan fingerprint density at radius 1 is 1.23 bits per heavy atom. The summed E-state index contributed by atoms with van der Waals surface area (Å²) in [4.78, 5) is 0. The minimum atomic E-state index is 0.694. The number of nitrogens with two attached hydrogens (primary N) is 1. The average Bonchev–Trinajstić information content (AvgIpc) is 2.16. The van der Waals surface area contributed by atoms with Gasteiger partial charge in [0, 0.05) is 11.8 Å². The van der Waals surface area contributed by atoms with Gasteiger partial charge in [0.2, 0.25) is 0 Å². The standard InChI is InChI=1S/C10H15NO2/c1-4-7-5-8(11)6-9(12-2)10(7)13-3/h5-6H,4,11H2,1-3H3. The lowest BCUT2D eigenvalue weighted by Crippen LogP contribution is -1.97. The minimum absolute atomic E-state index is 0.694. The molecule has 0 amide bonds. The van der Waals surface area contributed by atoms with Crippen molar-refractivity contribution in [1.82, 2.24) is 0 Å². The van der Waals surface area contributed by atoms with Crippen LogP contribution in [-0.4, -0.2) is 14.2 Å². The number of ether oxygens (including phenoxy) is 2. The van der Waals surface area contributed by atoms with E-state index < -0.39 is 0 Å². The number of methoxy groups -OCH3 is 2. The van der Waals surface area contributed by atoms with E-state index in [1.807, 2.05) is 6.07 Å². The topological polar surface area (TPSA) is 44.5 Å². The molecule has 1 rings (SSSR count). The predicted molar refractivity (Wildman–Crippen MR) is 53.3 cm³/mol. The second kappa shape index (κ2) is 4.03. The first-order chi connectivity index (χ1) is 6.22. The van der Waals surface area contributed by atoms with Crippen LogP contribution in [0.1, 0.15) is 12.5 Å². The number of anilines is 1. The fourth-order valence-corrected chi connectivity index (χ4v) is 1.33. The van der Waals surface area contributed by atoms with Gasteiger partial charge in [0.15, 0.2) is 11.5 Å². The summed E-state index contributed by atoms with van der Waals surface area (Å²) in [5, 5.41) is 0. The van der Waals surface area contributed by atoms with Crippen LogP contribution in [0.2, 0.25) is 0 Å². The number of hydrogen-bond acceptors (Lipinski definition) is 3. The molecule has 0 unspecified atom stereocenters. The molecule has 3 heteroatoms. The number of nitrogen functional groups attached to an aromatic ring is 1. The predicted octanol–water partition coefficient (Wildman–Crippen LogP) is 1.85. The maximum atomic E-state index is 5.70. The Morgan fingerprint density at radius 2 is 1.92 bits per heavy atom. The maximum Gasteiger partial charge on any atom is 0.164 e. The molecule has 0 aliphatic carbocycles. The summed E-state index contributed by atoms with van der Waals surface area (Å²) < 4.78 is 10.4. The molecule has 0 radical (unpaired) electrons. The molecule has 1 aromatic carbocycles. The molecule has 0 spiro atoms. The van der Waals surface area contributed by atoms with Crippen LogP contribution in [0.15, 0.2) is 12.1 Å². The highest BCUT2D eigenvalue weighted by Crippen LogP contribution is 2.33. The monoisotopic (exact) mass is 181 g/mol. The Hall–Kier alpha value is -1.38. The van der Waals surface area contributed by atoms with E-state index in [0.29, 0.717) is 11.4 Å². The third kappa shape index (κ3) is 1.86. The summed E-state index contributed by atoms with van der Waals surface area (Å²) in [6.45, 7) is 2.05. The normalized spacial score (nSPS) is 9.77. The van der Waals surface area contributed by atoms with Gasteiger partial charge in [-0.15, -0.1) is 0 Å². The molecule has 0 aliphatic heterocycles. The molecule has 1 aromatic rings. The molecular formula is C10H15NO2. The summed E-state index contributed by atoms with van der Waals surface area (Å²) in [6, 6.07) is 3.67. The van der Waals surface area contributed by atoms with Gasteiger partial charge in [-0.25, -0.2) is 0 Å². The molecule has 0 saturated carbocycles. The van der Waals surface area contributed by atoms with Gasteiger partial charge in [-0.3, -0.25) is 0 Å². The van der Waals surface area contributed by atoms with E-state index in [2.05, 4.69) is 6.92 Å². The van der Waals surface area contributed by atoms with Crippen molar-refractivity contribution < 1.29 is 9.47 Å². The quantitative estimate of drug-likeness (QED) is 0.724. The van der Waals surface area contributed by atoms with Crippen molar-refractivity contribution in [3.63, 3.8) is 0 Å². The van der Waals surface area contributed by atoms with Crippen LogP contribution < -0.4 is 15.2 Å². The number of hydrogen-bond donors (Lipinski definition) is 1. The lowest BCUT2D eigenvalue weighted by atomic mass is 10.1. The van der Waals surface area contributed by atoms with Crippen molar-refractivity contribution >= 4 is 5.69 Å². The Labute approximate surface area is 78.5 Å². The molecular weight excluding hydrogens is 166 g/mol. The molecule has 0 atom stereocenters. The van der Waals surface area contributed by atoms with Crippen molar-refractivity contribution in [2.45, 2.75) is 13.3 Å². The lowest BCUT2D eigenvalue weighted by molar-refractivity contribution is 0.352. The highest BCUT2D eigenvalue weighted by Gasteiger charge is 2.09. The van der Waals surface area contributed by atoms with Gasteiger partial charge in [0.1, 0.15) is 0 Å². The van der Waals surface area contributed by atoms with Crippen molar-refractivity contribution in [3.05, 3.63) is 17.7 Å². The van der Waals surface area contributed by atoms with Crippen molar-refractivity contribution in [2.75, 3.05) is 20.0 Å². The lowest BCUT2D eigenvalue weighted by Gasteiger charge is -2.12. The maximum absolute atomic E-state index is 5.70. The summed E-state index contributed by atoms with van der Waals surface area (Å²) in [6.07, 6.45) is 0.880. The summed E-state index contributed by atoms with van der Waals surface area (Å²) >= 11 is 0. The molecule has 0 fully saturated rings. The zero-order chi connectivity index (χ0) is 9.84. The van der Waals surface area contributed by atoms with Crippen LogP contribution in [0.25, 0.3) is 0 Å². The van der Waals surface area contributed by atoms with Crippen LogP contribution in [-0.2, 0) is 6.42 Å². The van der Waals surface area contributed by atoms with Crippen LogP contribution in [0.4, 0.5) is 5.69 Å². The fraction of sp³-hybridized carbons (Fsp3) is 0.400. The average molecular weight is 181 g/mol. The largest absolute Gasteiger partial charge is 0.493 e. The smallest absolute Gasteiger partial charge is 0.164 e. The minimum Gasteiger partial charge on any atom is -0.493 e. The van der Waals surface area contributed by atoms with Crippen molar-refractivity contribution in [1.29, 1.82) is 0 Å². The summed E-state index contributed by atoms with van der Waals surface area (Å²) in [5.74, 6) is 1.47. The molecule has 0 bridgehead atoms. The van der Waals surface area contributed by atoms with Crippen LogP contribution >= 0.6 is 0 Å². The number of aryl methyl sites for hydroxylation is 1. The van der Waals surface area contributed by atoms with E-state index >= 15 is 0 Å². The molecule has 13 heavy (non-hydrogen) atoms. The van der Waals surface area contributed by atoms with E-state index in [9.17, 15) is 0 Å². The second-order valence-corrected chi connectivity index (χ2v) is 2.77. The van der Waals surface area contributed by atoms with Crippen LogP contribution in [0, 0.1) is 0 Å². The highest BCUT2D eigenvalue weighted by molar-refractivity contribution is 5.57. The molecule has 0 aromatic heterocycles. The Kier molecular flexibility index (Phi) is 3.01. The molecule has 0 aliphatic rings. The third-order valence-corrected chi connectivity index (χ3v) is 1.96. The summed E-state index contributed by atoms with van der Waals surface area (Å²) in [7, 11) is 3.24. The van der Waals surface area contributed by atoms with E-state index in [1.54, 1.807) is 20.3 Å². The van der Waals surface area contributed by atoms with E-state index in [0.717, 1.165) is 17.7 Å². The van der Waals surface area contributed by atoms with E-state index in [-0.39, 0.29) is 0 Å². The van der Waals surface area contributed by atoms with Gasteiger partial charge in [-0.2, -0.15) is 0 Å². The van der Waals surface area contributed by atoms with Gasteiger partial charge in [0.25, 0.3) is 0 Å². The van der Waals surface area contributed by atoms with Crippen molar-refractivity contribution in [3.8, 4) is 11.5 Å². The fourth-order valence-electron chi connectivity index (χ4n) is 1.33. The van der Waals surface area contributed by atoms with E-state index in [1.165, 1.54) is 0 Å². The SMILES string of the molecule is CCc1cc(N)cc(OC)c1OC. The zero-order valence-corrected chi connectivity index (χ0v) is 8.26. The molecule has 72 valence electrons. The molecule has 3 nitrogen and oxygen atoms in total. The number of benzene rings is 1. The van der Waals surface area contributed by atoms with Crippen LogP contribution in [0.5, 0.6) is 11.5 Å². The first-order valence-electron chi connectivity index (χ1n) is 4.23. The zero-order valence-electron chi connectivity index (χ0n) is 8.26. The van der Waals surface area contributed by atoms with Crippen molar-refractivity contribution in [2.24, 2.45) is 0 Å². The van der Waals surface area contributed by atoms with Gasteiger partial charge in [0.05, 0.1) is 14.2 Å². The summed E-state index contributed by atoms with van der Waals surface area (Å²) in [5.41, 5.74) is 7.47. The Bertz CT molecular complexity index is 272. The first-order valence-corrected chi connectivity index (χ1v) is 4.23. The highest BCUT2D eigenvalue weighted by atomic mass is 16.5. The Balaban J connectivity index is 3.25. The van der Waals surface area contributed by atoms with Gasteiger partial charge < -0.3 is 15.2 Å². The molecule has 0 heterocycles. The van der Waals surface area contributed by atoms with Gasteiger partial charge in [-0.05, 0) is 18.1 Å². The Morgan fingerprint density at radius 3 is 2.38 bits per heavy atom.